The lowest BCUT2D eigenvalue weighted by Gasteiger charge is -2.01. The molecule has 2 aromatic rings. The summed E-state index contributed by atoms with van der Waals surface area (Å²) in [4.78, 5) is 14.2. The number of nitrogens with zero attached hydrogens (tertiary/aromatic N) is 2. The molecule has 90 valence electrons. The largest absolute Gasteiger partial charge is 0.361 e. The Kier molecular flexibility index (Phi) is 3.39. The van der Waals surface area contributed by atoms with Gasteiger partial charge in [0.2, 0.25) is 0 Å². The summed E-state index contributed by atoms with van der Waals surface area (Å²) in [5.41, 5.74) is 5.03. The van der Waals surface area contributed by atoms with Crippen LogP contribution in [0.1, 0.15) is 18.9 Å². The molecule has 0 saturated carbocycles. The minimum atomic E-state index is -0.403. The fraction of sp³-hybridized carbons (Fsp3) is 0.154. The number of benzene rings is 1. The molecule has 0 aliphatic rings. The number of aromatic nitrogens is 1. The van der Waals surface area contributed by atoms with Gasteiger partial charge in [-0.05, 0) is 30.7 Å². The van der Waals surface area contributed by atoms with Crippen LogP contribution >= 0.6 is 0 Å². The highest BCUT2D eigenvalue weighted by atomic mass is 16.2. The number of hydrogen-bond donors (Lipinski definition) is 2. The quantitative estimate of drug-likeness (QED) is 0.634. The molecule has 0 saturated heterocycles. The van der Waals surface area contributed by atoms with Gasteiger partial charge in [-0.3, -0.25) is 4.79 Å². The van der Waals surface area contributed by atoms with Gasteiger partial charge in [0.05, 0.1) is 11.8 Å². The average Bonchev–Trinajstić information content (AvgIpc) is 2.83. The van der Waals surface area contributed by atoms with E-state index < -0.39 is 5.91 Å². The SMILES string of the molecule is C/C(=N\NC(=O)CC#N)c1ccc2[nH]ccc2c1. The van der Waals surface area contributed by atoms with Crippen LogP contribution in [0.3, 0.4) is 0 Å². The molecule has 1 aromatic carbocycles. The van der Waals surface area contributed by atoms with Gasteiger partial charge in [0.15, 0.2) is 0 Å². The van der Waals surface area contributed by atoms with Gasteiger partial charge < -0.3 is 4.98 Å². The molecule has 1 aromatic heterocycles. The van der Waals surface area contributed by atoms with Gasteiger partial charge in [0.25, 0.3) is 5.91 Å². The van der Waals surface area contributed by atoms with Crippen LogP contribution < -0.4 is 5.43 Å². The summed E-state index contributed by atoms with van der Waals surface area (Å²) in [5, 5.41) is 13.4. The number of nitrogens with one attached hydrogen (secondary N) is 2. The Morgan fingerprint density at radius 3 is 3.11 bits per heavy atom. The number of amides is 1. The molecule has 0 aliphatic carbocycles. The fourth-order valence-corrected chi connectivity index (χ4v) is 1.60. The van der Waals surface area contributed by atoms with Crippen molar-refractivity contribution in [2.75, 3.05) is 0 Å². The van der Waals surface area contributed by atoms with E-state index in [2.05, 4.69) is 15.5 Å². The first-order valence-corrected chi connectivity index (χ1v) is 5.48. The zero-order chi connectivity index (χ0) is 13.0. The maximum Gasteiger partial charge on any atom is 0.254 e. The van der Waals surface area contributed by atoms with Gasteiger partial charge in [-0.2, -0.15) is 10.4 Å². The van der Waals surface area contributed by atoms with E-state index in [0.717, 1.165) is 16.5 Å². The molecule has 5 nitrogen and oxygen atoms in total. The molecule has 2 N–H and O–H groups in total. The molecule has 0 fully saturated rings. The third kappa shape index (κ3) is 2.55. The third-order valence-corrected chi connectivity index (χ3v) is 2.56. The Hall–Kier alpha value is -2.61. The van der Waals surface area contributed by atoms with E-state index in [9.17, 15) is 4.79 Å². The van der Waals surface area contributed by atoms with Crippen molar-refractivity contribution in [3.05, 3.63) is 36.0 Å². The van der Waals surface area contributed by atoms with Crippen molar-refractivity contribution >= 4 is 22.5 Å². The Morgan fingerprint density at radius 2 is 2.33 bits per heavy atom. The molecule has 0 radical (unpaired) electrons. The molecule has 0 aliphatic heterocycles. The van der Waals surface area contributed by atoms with Crippen molar-refractivity contribution in [3.63, 3.8) is 0 Å². The van der Waals surface area contributed by atoms with E-state index in [0.29, 0.717) is 5.71 Å². The maximum atomic E-state index is 11.1. The Bertz CT molecular complexity index is 648. The van der Waals surface area contributed by atoms with Crippen molar-refractivity contribution < 1.29 is 4.79 Å². The molecule has 18 heavy (non-hydrogen) atoms. The van der Waals surface area contributed by atoms with Gasteiger partial charge in [0, 0.05) is 17.1 Å². The predicted molar refractivity (Wildman–Crippen MR) is 68.9 cm³/mol. The van der Waals surface area contributed by atoms with Crippen LogP contribution in [0.15, 0.2) is 35.6 Å². The number of carbonyl (C=O) groups excluding carboxylic acids is 1. The molecule has 0 bridgehead atoms. The first-order chi connectivity index (χ1) is 8.70. The van der Waals surface area contributed by atoms with Gasteiger partial charge in [-0.15, -0.1) is 0 Å². The highest BCUT2D eigenvalue weighted by Gasteiger charge is 2.02. The van der Waals surface area contributed by atoms with Crippen LogP contribution in [0.2, 0.25) is 0 Å². The molecule has 0 unspecified atom stereocenters. The lowest BCUT2D eigenvalue weighted by Crippen LogP contribution is -2.18. The summed E-state index contributed by atoms with van der Waals surface area (Å²) in [6.45, 7) is 1.81. The molecule has 1 heterocycles. The van der Waals surface area contributed by atoms with Gasteiger partial charge >= 0.3 is 0 Å². The predicted octanol–water partition coefficient (Wildman–Crippen LogP) is 1.92. The second-order valence-corrected chi connectivity index (χ2v) is 3.85. The van der Waals surface area contributed by atoms with E-state index in [1.807, 2.05) is 30.5 Å². The molecular weight excluding hydrogens is 228 g/mol. The number of rotatable bonds is 3. The second kappa shape index (κ2) is 5.15. The van der Waals surface area contributed by atoms with Crippen LogP contribution in [0, 0.1) is 11.3 Å². The van der Waals surface area contributed by atoms with Crippen molar-refractivity contribution in [3.8, 4) is 6.07 Å². The summed E-state index contributed by atoms with van der Waals surface area (Å²) in [5.74, 6) is -0.403. The minimum absolute atomic E-state index is 0.187. The number of aromatic amines is 1. The number of hydrazone groups is 1. The van der Waals surface area contributed by atoms with Crippen LogP contribution in [0.4, 0.5) is 0 Å². The minimum Gasteiger partial charge on any atom is -0.361 e. The molecule has 0 atom stereocenters. The van der Waals surface area contributed by atoms with Crippen LogP contribution in [0.25, 0.3) is 10.9 Å². The maximum absolute atomic E-state index is 11.1. The Morgan fingerprint density at radius 1 is 1.50 bits per heavy atom. The summed E-state index contributed by atoms with van der Waals surface area (Å²) < 4.78 is 0. The smallest absolute Gasteiger partial charge is 0.254 e. The third-order valence-electron chi connectivity index (χ3n) is 2.56. The molecule has 0 spiro atoms. The van der Waals surface area contributed by atoms with Crippen molar-refractivity contribution in [2.45, 2.75) is 13.3 Å². The standard InChI is InChI=1S/C13H12N4O/c1-9(16-17-13(18)4-6-14)10-2-3-12-11(8-10)5-7-15-12/h2-3,5,7-8,15H,4H2,1H3,(H,17,18)/b16-9+. The van der Waals surface area contributed by atoms with Crippen LogP contribution in [-0.2, 0) is 4.79 Å². The van der Waals surface area contributed by atoms with E-state index in [4.69, 9.17) is 5.26 Å². The summed E-state index contributed by atoms with van der Waals surface area (Å²) in [6.07, 6.45) is 1.68. The monoisotopic (exact) mass is 240 g/mol. The van der Waals surface area contributed by atoms with Crippen LogP contribution in [-0.4, -0.2) is 16.6 Å². The summed E-state index contributed by atoms with van der Waals surface area (Å²) in [7, 11) is 0. The number of fused-ring (bicyclic) bond motifs is 1. The lowest BCUT2D eigenvalue weighted by atomic mass is 10.1. The number of H-pyrrole nitrogens is 1. The number of hydrogen-bond acceptors (Lipinski definition) is 3. The normalized spacial score (nSPS) is 11.2. The Labute approximate surface area is 104 Å². The highest BCUT2D eigenvalue weighted by molar-refractivity contribution is 6.02. The Balaban J connectivity index is 2.17. The molecule has 5 heteroatoms. The first kappa shape index (κ1) is 11.9. The zero-order valence-corrected chi connectivity index (χ0v) is 9.90. The molecule has 2 rings (SSSR count). The van der Waals surface area contributed by atoms with Crippen molar-refractivity contribution in [1.29, 1.82) is 5.26 Å². The van der Waals surface area contributed by atoms with E-state index in [-0.39, 0.29) is 6.42 Å². The fourth-order valence-electron chi connectivity index (χ4n) is 1.60. The van der Waals surface area contributed by atoms with Crippen LogP contribution in [0.5, 0.6) is 0 Å². The average molecular weight is 240 g/mol. The lowest BCUT2D eigenvalue weighted by molar-refractivity contribution is -0.120. The van der Waals surface area contributed by atoms with Gasteiger partial charge in [-0.1, -0.05) is 6.07 Å². The second-order valence-electron chi connectivity index (χ2n) is 3.85. The first-order valence-electron chi connectivity index (χ1n) is 5.48. The highest BCUT2D eigenvalue weighted by Crippen LogP contribution is 2.14. The van der Waals surface area contributed by atoms with Gasteiger partial charge in [-0.25, -0.2) is 5.43 Å². The van der Waals surface area contributed by atoms with E-state index in [1.54, 1.807) is 13.0 Å². The van der Waals surface area contributed by atoms with Crippen molar-refractivity contribution in [1.82, 2.24) is 10.4 Å². The number of carbonyl (C=O) groups is 1. The number of nitriles is 1. The summed E-state index contributed by atoms with van der Waals surface area (Å²) >= 11 is 0. The van der Waals surface area contributed by atoms with Crippen molar-refractivity contribution in [2.24, 2.45) is 5.10 Å². The van der Waals surface area contributed by atoms with Gasteiger partial charge in [0.1, 0.15) is 6.42 Å². The topological polar surface area (TPSA) is 81.0 Å². The summed E-state index contributed by atoms with van der Waals surface area (Å²) in [6, 6.07) is 9.61. The van der Waals surface area contributed by atoms with E-state index in [1.165, 1.54) is 0 Å². The molecular formula is C13H12N4O. The zero-order valence-electron chi connectivity index (χ0n) is 9.90. The van der Waals surface area contributed by atoms with E-state index >= 15 is 0 Å². The molecule has 1 amide bonds.